The van der Waals surface area contributed by atoms with Gasteiger partial charge in [0.15, 0.2) is 0 Å². The van der Waals surface area contributed by atoms with Crippen molar-refractivity contribution in [2.75, 3.05) is 13.2 Å². The van der Waals surface area contributed by atoms with Crippen LogP contribution in [0.15, 0.2) is 18.2 Å². The zero-order valence-electron chi connectivity index (χ0n) is 12.3. The lowest BCUT2D eigenvalue weighted by atomic mass is 9.88. The van der Waals surface area contributed by atoms with E-state index in [0.717, 1.165) is 25.0 Å². The van der Waals surface area contributed by atoms with E-state index in [9.17, 15) is 5.11 Å². The van der Waals surface area contributed by atoms with Crippen molar-refractivity contribution < 1.29 is 14.6 Å². The molecule has 0 saturated heterocycles. The van der Waals surface area contributed by atoms with Gasteiger partial charge in [0.25, 0.3) is 0 Å². The zero-order valence-corrected chi connectivity index (χ0v) is 12.3. The normalized spacial score (nSPS) is 19.8. The second kappa shape index (κ2) is 7.07. The first-order chi connectivity index (χ1) is 9.56. The van der Waals surface area contributed by atoms with Gasteiger partial charge in [0.1, 0.15) is 18.5 Å². The highest BCUT2D eigenvalue weighted by Gasteiger charge is 2.17. The lowest BCUT2D eigenvalue weighted by Gasteiger charge is -2.23. The number of aliphatic hydroxyl groups excluding tert-OH is 1. The fraction of sp³-hybridized carbons (Fsp3) is 0.625. The van der Waals surface area contributed by atoms with Gasteiger partial charge >= 0.3 is 0 Å². The van der Waals surface area contributed by atoms with Crippen molar-refractivity contribution in [2.24, 2.45) is 5.73 Å². The van der Waals surface area contributed by atoms with Gasteiger partial charge < -0.3 is 20.3 Å². The molecule has 2 atom stereocenters. The van der Waals surface area contributed by atoms with Crippen LogP contribution >= 0.6 is 0 Å². The minimum atomic E-state index is -0.601. The van der Waals surface area contributed by atoms with Gasteiger partial charge in [0.2, 0.25) is 0 Å². The highest BCUT2D eigenvalue weighted by molar-refractivity contribution is 5.38. The summed E-state index contributed by atoms with van der Waals surface area (Å²) in [6.07, 6.45) is 2.76. The van der Waals surface area contributed by atoms with Gasteiger partial charge in [-0.3, -0.25) is 0 Å². The first-order valence-electron chi connectivity index (χ1n) is 7.37. The lowest BCUT2D eigenvalue weighted by Crippen LogP contribution is -2.25. The first-order valence-corrected chi connectivity index (χ1v) is 7.37. The van der Waals surface area contributed by atoms with Crippen LogP contribution in [0.3, 0.4) is 0 Å². The summed E-state index contributed by atoms with van der Waals surface area (Å²) in [6.45, 7) is 4.44. The minimum absolute atomic E-state index is 0.120. The fourth-order valence-corrected chi connectivity index (χ4v) is 2.46. The van der Waals surface area contributed by atoms with Crippen molar-refractivity contribution in [2.45, 2.75) is 51.4 Å². The molecule has 2 rings (SSSR count). The lowest BCUT2D eigenvalue weighted by molar-refractivity contribution is -0.0123. The Kier molecular flexibility index (Phi) is 5.40. The fourth-order valence-electron chi connectivity index (χ4n) is 2.46. The molecule has 1 aliphatic carbocycles. The van der Waals surface area contributed by atoms with Crippen LogP contribution in [0.4, 0.5) is 0 Å². The average molecular weight is 279 g/mol. The van der Waals surface area contributed by atoms with Gasteiger partial charge in [-0.2, -0.15) is 0 Å². The topological polar surface area (TPSA) is 64.7 Å². The summed E-state index contributed by atoms with van der Waals surface area (Å²) >= 11 is 0. The number of rotatable bonds is 6. The molecule has 0 fully saturated rings. The molecule has 20 heavy (non-hydrogen) atoms. The molecule has 1 aliphatic rings. The monoisotopic (exact) mass is 279 g/mol. The summed E-state index contributed by atoms with van der Waals surface area (Å²) in [4.78, 5) is 0. The average Bonchev–Trinajstić information content (AvgIpc) is 2.43. The molecule has 4 nitrogen and oxygen atoms in total. The van der Waals surface area contributed by atoms with E-state index in [4.69, 9.17) is 15.2 Å². The maximum Gasteiger partial charge on any atom is 0.119 e. The van der Waals surface area contributed by atoms with Crippen molar-refractivity contribution in [1.82, 2.24) is 0 Å². The number of fused-ring (bicyclic) bond motifs is 1. The molecular formula is C16H25NO3. The van der Waals surface area contributed by atoms with E-state index in [-0.39, 0.29) is 18.8 Å². The number of ether oxygens (including phenoxy) is 2. The van der Waals surface area contributed by atoms with Crippen molar-refractivity contribution in [3.8, 4) is 5.75 Å². The number of aliphatic hydroxyl groups is 1. The van der Waals surface area contributed by atoms with Gasteiger partial charge in [0.05, 0.1) is 12.7 Å². The maximum atomic E-state index is 9.77. The van der Waals surface area contributed by atoms with Crippen molar-refractivity contribution in [1.29, 1.82) is 0 Å². The van der Waals surface area contributed by atoms with E-state index in [1.807, 2.05) is 32.0 Å². The van der Waals surface area contributed by atoms with E-state index in [0.29, 0.717) is 6.61 Å². The summed E-state index contributed by atoms with van der Waals surface area (Å²) in [5.41, 5.74) is 8.59. The third-order valence-electron chi connectivity index (χ3n) is 3.54. The van der Waals surface area contributed by atoms with E-state index in [1.165, 1.54) is 11.1 Å². The third-order valence-corrected chi connectivity index (χ3v) is 3.54. The molecule has 2 unspecified atom stereocenters. The van der Waals surface area contributed by atoms with Gasteiger partial charge in [-0.25, -0.2) is 0 Å². The van der Waals surface area contributed by atoms with Crippen molar-refractivity contribution in [3.63, 3.8) is 0 Å². The smallest absolute Gasteiger partial charge is 0.119 e. The quantitative estimate of drug-likeness (QED) is 0.838. The SMILES string of the molecule is CC(C)OCC(O)COc1ccc2c(c1)CCCC2N. The number of hydrogen-bond acceptors (Lipinski definition) is 4. The Morgan fingerprint density at radius 1 is 1.35 bits per heavy atom. The molecule has 0 heterocycles. The third kappa shape index (κ3) is 4.20. The van der Waals surface area contributed by atoms with Gasteiger partial charge in [-0.05, 0) is 56.4 Å². The first kappa shape index (κ1) is 15.3. The Bertz CT molecular complexity index is 434. The van der Waals surface area contributed by atoms with Gasteiger partial charge in [0, 0.05) is 6.04 Å². The summed E-state index contributed by atoms with van der Waals surface area (Å²) < 4.78 is 11.0. The highest BCUT2D eigenvalue weighted by atomic mass is 16.5. The molecule has 1 aromatic rings. The Morgan fingerprint density at radius 3 is 2.90 bits per heavy atom. The molecule has 0 spiro atoms. The van der Waals surface area contributed by atoms with Crippen molar-refractivity contribution >= 4 is 0 Å². The number of aryl methyl sites for hydroxylation is 1. The summed E-state index contributed by atoms with van der Waals surface area (Å²) in [5.74, 6) is 0.793. The van der Waals surface area contributed by atoms with Crippen LogP contribution < -0.4 is 10.5 Å². The van der Waals surface area contributed by atoms with E-state index >= 15 is 0 Å². The standard InChI is InChI=1S/C16H25NO3/c1-11(2)19-9-13(18)10-20-14-6-7-15-12(8-14)4-3-5-16(15)17/h6-8,11,13,16,18H,3-5,9-10,17H2,1-2H3. The van der Waals surface area contributed by atoms with Crippen molar-refractivity contribution in [3.05, 3.63) is 29.3 Å². The van der Waals surface area contributed by atoms with Gasteiger partial charge in [-0.15, -0.1) is 0 Å². The predicted molar refractivity (Wildman–Crippen MR) is 78.9 cm³/mol. The van der Waals surface area contributed by atoms with E-state index < -0.39 is 6.10 Å². The molecule has 0 aromatic heterocycles. The Hall–Kier alpha value is -1.10. The summed E-state index contributed by atoms with van der Waals surface area (Å²) in [7, 11) is 0. The Labute approximate surface area is 120 Å². The van der Waals surface area contributed by atoms with Crippen LogP contribution in [0.1, 0.15) is 43.9 Å². The molecular weight excluding hydrogens is 254 g/mol. The Balaban J connectivity index is 1.87. The van der Waals surface area contributed by atoms with Crippen LogP contribution in [0.2, 0.25) is 0 Å². The van der Waals surface area contributed by atoms with Crippen LogP contribution in [-0.4, -0.2) is 30.5 Å². The summed E-state index contributed by atoms with van der Waals surface area (Å²) in [5, 5.41) is 9.77. The zero-order chi connectivity index (χ0) is 14.5. The highest BCUT2D eigenvalue weighted by Crippen LogP contribution is 2.30. The summed E-state index contributed by atoms with van der Waals surface area (Å²) in [6, 6.07) is 6.17. The number of hydrogen-bond donors (Lipinski definition) is 2. The maximum absolute atomic E-state index is 9.77. The number of nitrogens with two attached hydrogens (primary N) is 1. The van der Waals surface area contributed by atoms with E-state index in [1.54, 1.807) is 0 Å². The minimum Gasteiger partial charge on any atom is -0.491 e. The largest absolute Gasteiger partial charge is 0.491 e. The molecule has 0 saturated carbocycles. The van der Waals surface area contributed by atoms with Crippen LogP contribution in [0, 0.1) is 0 Å². The predicted octanol–water partition coefficient (Wildman–Crippen LogP) is 2.19. The van der Waals surface area contributed by atoms with Crippen LogP contribution in [0.25, 0.3) is 0 Å². The molecule has 1 aromatic carbocycles. The van der Waals surface area contributed by atoms with Gasteiger partial charge in [-0.1, -0.05) is 6.07 Å². The molecule has 0 aliphatic heterocycles. The Morgan fingerprint density at radius 2 is 2.15 bits per heavy atom. The molecule has 3 N–H and O–H groups in total. The molecule has 0 radical (unpaired) electrons. The molecule has 0 bridgehead atoms. The van der Waals surface area contributed by atoms with Crippen LogP contribution in [0.5, 0.6) is 5.75 Å². The second-order valence-electron chi connectivity index (χ2n) is 5.71. The van der Waals surface area contributed by atoms with Crippen LogP contribution in [-0.2, 0) is 11.2 Å². The van der Waals surface area contributed by atoms with E-state index in [2.05, 4.69) is 0 Å². The number of benzene rings is 1. The molecule has 4 heteroatoms. The molecule has 112 valence electrons. The second-order valence-corrected chi connectivity index (χ2v) is 5.71. The molecule has 0 amide bonds.